The van der Waals surface area contributed by atoms with E-state index in [1.807, 2.05) is 30.1 Å². The maximum absolute atomic E-state index is 12.2. The molecule has 34 heavy (non-hydrogen) atoms. The number of amides is 1. The van der Waals surface area contributed by atoms with Crippen LogP contribution < -0.4 is 10.6 Å². The molecule has 2 aliphatic carbocycles. The fourth-order valence-electron chi connectivity index (χ4n) is 4.85. The fourth-order valence-corrected chi connectivity index (χ4v) is 4.85. The Kier molecular flexibility index (Phi) is 4.04. The minimum atomic E-state index is -0.149. The van der Waals surface area contributed by atoms with Crippen molar-refractivity contribution in [1.82, 2.24) is 29.6 Å². The lowest BCUT2D eigenvalue weighted by molar-refractivity contribution is 0.0952. The topological polar surface area (TPSA) is 89.7 Å². The van der Waals surface area contributed by atoms with Gasteiger partial charge in [0.25, 0.3) is 5.91 Å². The highest BCUT2D eigenvalue weighted by atomic mass is 16.2. The van der Waals surface area contributed by atoms with Gasteiger partial charge in [0.2, 0.25) is 5.95 Å². The molecule has 4 aromatic rings. The van der Waals surface area contributed by atoms with E-state index in [9.17, 15) is 4.79 Å². The number of imidazole rings is 1. The monoisotopic (exact) mass is 451 g/mol. The number of carbonyl (C=O) groups excluding carboxylic acids is 1. The number of nitrogens with zero attached hydrogens (tertiary/aromatic N) is 5. The molecule has 8 heteroatoms. The van der Waals surface area contributed by atoms with Crippen LogP contribution in [0.1, 0.15) is 60.1 Å². The first-order valence-corrected chi connectivity index (χ1v) is 12.0. The molecule has 8 nitrogen and oxygen atoms in total. The molecule has 170 valence electrons. The molecule has 2 N–H and O–H groups in total. The van der Waals surface area contributed by atoms with Crippen molar-refractivity contribution in [1.29, 1.82) is 0 Å². The molecular weight excluding hydrogens is 426 g/mol. The van der Waals surface area contributed by atoms with E-state index in [0.717, 1.165) is 40.9 Å². The fraction of sp³-hybridized carbons (Fsp3) is 0.308. The number of hydrogen-bond donors (Lipinski definition) is 2. The van der Waals surface area contributed by atoms with Crippen molar-refractivity contribution in [2.24, 2.45) is 0 Å². The van der Waals surface area contributed by atoms with Crippen LogP contribution >= 0.6 is 0 Å². The maximum Gasteiger partial charge on any atom is 0.252 e. The van der Waals surface area contributed by atoms with Crippen molar-refractivity contribution in [2.75, 3.05) is 5.32 Å². The molecule has 2 fully saturated rings. The largest absolute Gasteiger partial charge is 0.342 e. The van der Waals surface area contributed by atoms with Gasteiger partial charge < -0.3 is 15.2 Å². The van der Waals surface area contributed by atoms with Gasteiger partial charge in [-0.15, -0.1) is 5.10 Å². The number of benzene rings is 2. The summed E-state index contributed by atoms with van der Waals surface area (Å²) in [5.41, 5.74) is 5.85. The van der Waals surface area contributed by atoms with Gasteiger partial charge in [0, 0.05) is 41.2 Å². The molecule has 0 saturated heterocycles. The standard InChI is InChI=1S/C26H25N7O/c1-2-33-25(28-18-7-10-20-21(13-18)26(11-12-26)30-24(20)34)29-23(31-33)17-5-8-19(9-6-17)32-14-22(27-15-32)16-3-4-16/h5-10,13-16H,2-4,11-12H2,1H3,(H,30,34)(H,28,29,31). The van der Waals surface area contributed by atoms with Crippen LogP contribution in [0.4, 0.5) is 11.6 Å². The van der Waals surface area contributed by atoms with Crippen LogP contribution in [0.3, 0.4) is 0 Å². The molecule has 2 aromatic heterocycles. The van der Waals surface area contributed by atoms with Crippen LogP contribution in [-0.2, 0) is 12.1 Å². The van der Waals surface area contributed by atoms with Crippen molar-refractivity contribution in [3.8, 4) is 17.1 Å². The van der Waals surface area contributed by atoms with Crippen LogP contribution in [0.5, 0.6) is 0 Å². The highest BCUT2D eigenvalue weighted by Crippen LogP contribution is 2.51. The number of aryl methyl sites for hydroxylation is 1. The third-order valence-corrected chi connectivity index (χ3v) is 7.13. The zero-order valence-electron chi connectivity index (χ0n) is 19.0. The number of hydrogen-bond acceptors (Lipinski definition) is 5. The Morgan fingerprint density at radius 1 is 1.15 bits per heavy atom. The normalized spacial score (nSPS) is 17.6. The molecule has 1 spiro atoms. The molecular formula is C26H25N7O. The molecule has 3 heterocycles. The van der Waals surface area contributed by atoms with E-state index in [-0.39, 0.29) is 11.4 Å². The summed E-state index contributed by atoms with van der Waals surface area (Å²) >= 11 is 0. The predicted molar refractivity (Wildman–Crippen MR) is 128 cm³/mol. The smallest absolute Gasteiger partial charge is 0.252 e. The van der Waals surface area contributed by atoms with Crippen molar-refractivity contribution in [2.45, 2.75) is 50.6 Å². The average molecular weight is 452 g/mol. The lowest BCUT2D eigenvalue weighted by Gasteiger charge is -2.11. The van der Waals surface area contributed by atoms with Gasteiger partial charge in [0.05, 0.1) is 17.6 Å². The third-order valence-electron chi connectivity index (χ3n) is 7.13. The molecule has 2 aromatic carbocycles. The van der Waals surface area contributed by atoms with Crippen LogP contribution in [0.15, 0.2) is 55.0 Å². The van der Waals surface area contributed by atoms with Gasteiger partial charge in [0.1, 0.15) is 0 Å². The predicted octanol–water partition coefficient (Wildman–Crippen LogP) is 4.50. The SMILES string of the molecule is CCn1nc(-c2ccc(-n3cnc(C4CC4)c3)cc2)nc1Nc1ccc2c(c1)C1(CC1)NC2=O. The first-order valence-electron chi connectivity index (χ1n) is 12.0. The summed E-state index contributed by atoms with van der Waals surface area (Å²) < 4.78 is 3.94. The van der Waals surface area contributed by atoms with E-state index < -0.39 is 0 Å². The van der Waals surface area contributed by atoms with E-state index in [1.54, 1.807) is 0 Å². The lowest BCUT2D eigenvalue weighted by Crippen LogP contribution is -2.25. The molecule has 7 rings (SSSR count). The number of fused-ring (bicyclic) bond motifs is 2. The highest BCUT2D eigenvalue weighted by Gasteiger charge is 2.52. The Hall–Kier alpha value is -3.94. The first kappa shape index (κ1) is 19.5. The van der Waals surface area contributed by atoms with Crippen LogP contribution in [0.2, 0.25) is 0 Å². The zero-order chi connectivity index (χ0) is 22.9. The zero-order valence-corrected chi connectivity index (χ0v) is 19.0. The van der Waals surface area contributed by atoms with Gasteiger partial charge in [-0.2, -0.15) is 4.98 Å². The number of nitrogens with one attached hydrogen (secondary N) is 2. The average Bonchev–Trinajstić information content (AvgIpc) is 3.74. The van der Waals surface area contributed by atoms with Gasteiger partial charge in [-0.25, -0.2) is 9.67 Å². The van der Waals surface area contributed by atoms with Gasteiger partial charge in [0.15, 0.2) is 5.82 Å². The summed E-state index contributed by atoms with van der Waals surface area (Å²) in [6, 6.07) is 14.2. The minimum Gasteiger partial charge on any atom is -0.342 e. The Bertz CT molecular complexity index is 1420. The second-order valence-corrected chi connectivity index (χ2v) is 9.52. The highest BCUT2D eigenvalue weighted by molar-refractivity contribution is 6.01. The summed E-state index contributed by atoms with van der Waals surface area (Å²) in [6.07, 6.45) is 8.52. The maximum atomic E-state index is 12.2. The summed E-state index contributed by atoms with van der Waals surface area (Å²) in [5.74, 6) is 2.04. The van der Waals surface area contributed by atoms with Crippen LogP contribution in [-0.4, -0.2) is 30.2 Å². The first-order chi connectivity index (χ1) is 16.6. The summed E-state index contributed by atoms with van der Waals surface area (Å²) in [6.45, 7) is 2.75. The molecule has 1 amide bonds. The van der Waals surface area contributed by atoms with Crippen LogP contribution in [0.25, 0.3) is 17.1 Å². The van der Waals surface area contributed by atoms with E-state index in [0.29, 0.717) is 24.2 Å². The Morgan fingerprint density at radius 2 is 1.97 bits per heavy atom. The third kappa shape index (κ3) is 3.13. The lowest BCUT2D eigenvalue weighted by atomic mass is 10.0. The van der Waals surface area contributed by atoms with Crippen molar-refractivity contribution in [3.63, 3.8) is 0 Å². The number of carbonyl (C=O) groups is 1. The van der Waals surface area contributed by atoms with E-state index in [2.05, 4.69) is 56.7 Å². The second kappa shape index (κ2) is 7.03. The van der Waals surface area contributed by atoms with Gasteiger partial charge in [-0.1, -0.05) is 0 Å². The van der Waals surface area contributed by atoms with E-state index >= 15 is 0 Å². The molecule has 3 aliphatic rings. The van der Waals surface area contributed by atoms with Crippen molar-refractivity contribution < 1.29 is 4.79 Å². The van der Waals surface area contributed by atoms with Gasteiger partial charge in [-0.3, -0.25) is 4.79 Å². The molecule has 2 saturated carbocycles. The van der Waals surface area contributed by atoms with Gasteiger partial charge in [-0.05, 0) is 80.6 Å². The number of aromatic nitrogens is 5. The second-order valence-electron chi connectivity index (χ2n) is 9.52. The van der Waals surface area contributed by atoms with Crippen LogP contribution in [0, 0.1) is 0 Å². The minimum absolute atomic E-state index is 0.0287. The molecule has 0 bridgehead atoms. The van der Waals surface area contributed by atoms with E-state index in [1.165, 1.54) is 18.5 Å². The molecule has 0 atom stereocenters. The Balaban J connectivity index is 1.15. The molecule has 1 aliphatic heterocycles. The Labute approximate surface area is 197 Å². The number of rotatable bonds is 6. The summed E-state index contributed by atoms with van der Waals surface area (Å²) in [7, 11) is 0. The summed E-state index contributed by atoms with van der Waals surface area (Å²) in [4.78, 5) is 21.6. The quantitative estimate of drug-likeness (QED) is 0.450. The van der Waals surface area contributed by atoms with Crippen molar-refractivity contribution >= 4 is 17.5 Å². The summed E-state index contributed by atoms with van der Waals surface area (Å²) in [5, 5.41) is 11.3. The molecule has 0 radical (unpaired) electrons. The van der Waals surface area contributed by atoms with Crippen molar-refractivity contribution in [3.05, 3.63) is 71.8 Å². The van der Waals surface area contributed by atoms with E-state index in [4.69, 9.17) is 10.1 Å². The van der Waals surface area contributed by atoms with Gasteiger partial charge >= 0.3 is 0 Å². The Morgan fingerprint density at radius 3 is 2.71 bits per heavy atom. The molecule has 0 unspecified atom stereocenters. The number of anilines is 2.